The minimum Gasteiger partial charge on any atom is -0.496 e. The summed E-state index contributed by atoms with van der Waals surface area (Å²) < 4.78 is 5.49. The zero-order chi connectivity index (χ0) is 13.6. The van der Waals surface area contributed by atoms with E-state index in [0.717, 1.165) is 25.4 Å². The van der Waals surface area contributed by atoms with E-state index in [2.05, 4.69) is 49.6 Å². The van der Waals surface area contributed by atoms with Gasteiger partial charge in [0, 0.05) is 24.2 Å². The third-order valence-electron chi connectivity index (χ3n) is 3.27. The Kier molecular flexibility index (Phi) is 5.63. The monoisotopic (exact) mass is 250 g/mol. The van der Waals surface area contributed by atoms with Gasteiger partial charge >= 0.3 is 0 Å². The highest BCUT2D eigenvalue weighted by Crippen LogP contribution is 2.32. The maximum atomic E-state index is 5.49. The van der Waals surface area contributed by atoms with Gasteiger partial charge in [-0.15, -0.1) is 0 Å². The van der Waals surface area contributed by atoms with Crippen molar-refractivity contribution >= 4 is 0 Å². The molecule has 1 aromatic rings. The molecule has 0 saturated carbocycles. The second kappa shape index (κ2) is 6.76. The fraction of sp³-hybridized carbons (Fsp3) is 0.600. The van der Waals surface area contributed by atoms with Gasteiger partial charge in [-0.1, -0.05) is 32.9 Å². The van der Waals surface area contributed by atoms with E-state index in [9.17, 15) is 0 Å². The van der Waals surface area contributed by atoms with Crippen molar-refractivity contribution in [3.05, 3.63) is 29.3 Å². The molecule has 0 unspecified atom stereocenters. The maximum Gasteiger partial charge on any atom is 0.122 e. The van der Waals surface area contributed by atoms with Crippen LogP contribution in [0, 0.1) is 0 Å². The number of rotatable bonds is 7. The van der Waals surface area contributed by atoms with Gasteiger partial charge in [-0.2, -0.15) is 0 Å². The van der Waals surface area contributed by atoms with Crippen LogP contribution in [-0.2, 0) is 11.8 Å². The number of benzene rings is 1. The van der Waals surface area contributed by atoms with Crippen LogP contribution in [0.25, 0.3) is 0 Å². The topological polar surface area (TPSA) is 33.3 Å². The number of hydrogen-bond acceptors (Lipinski definition) is 3. The van der Waals surface area contributed by atoms with Gasteiger partial charge in [-0.3, -0.25) is 0 Å². The second-order valence-electron chi connectivity index (χ2n) is 5.23. The molecule has 0 aliphatic carbocycles. The lowest BCUT2D eigenvalue weighted by molar-refractivity contribution is 0.384. The normalized spacial score (nSPS) is 11.6. The van der Waals surface area contributed by atoms with Gasteiger partial charge < -0.3 is 15.4 Å². The maximum absolute atomic E-state index is 5.49. The van der Waals surface area contributed by atoms with Gasteiger partial charge in [0.05, 0.1) is 7.11 Å². The second-order valence-corrected chi connectivity index (χ2v) is 5.23. The predicted molar refractivity (Wildman–Crippen MR) is 77.3 cm³/mol. The van der Waals surface area contributed by atoms with Gasteiger partial charge in [0.15, 0.2) is 0 Å². The number of methoxy groups -OCH3 is 1. The molecule has 0 atom stereocenters. The van der Waals surface area contributed by atoms with Gasteiger partial charge in [0.25, 0.3) is 0 Å². The first-order valence-corrected chi connectivity index (χ1v) is 6.58. The van der Waals surface area contributed by atoms with E-state index in [1.165, 1.54) is 11.1 Å². The first kappa shape index (κ1) is 15.0. The molecule has 1 rings (SSSR count). The average Bonchev–Trinajstić information content (AvgIpc) is 2.38. The minimum absolute atomic E-state index is 0.0490. The lowest BCUT2D eigenvalue weighted by Crippen LogP contribution is -2.37. The van der Waals surface area contributed by atoms with Gasteiger partial charge in [-0.25, -0.2) is 0 Å². The molecule has 0 aromatic heterocycles. The van der Waals surface area contributed by atoms with Gasteiger partial charge in [0.1, 0.15) is 5.75 Å². The number of hydrogen-bond donors (Lipinski definition) is 2. The molecule has 2 N–H and O–H groups in total. The van der Waals surface area contributed by atoms with Crippen molar-refractivity contribution in [1.82, 2.24) is 10.6 Å². The zero-order valence-electron chi connectivity index (χ0n) is 12.3. The molecule has 3 heteroatoms. The minimum atomic E-state index is 0.0490. The highest BCUT2D eigenvalue weighted by molar-refractivity contribution is 5.42. The molecule has 3 nitrogen and oxygen atoms in total. The van der Waals surface area contributed by atoms with Crippen LogP contribution >= 0.6 is 0 Å². The van der Waals surface area contributed by atoms with E-state index < -0.39 is 0 Å². The molecule has 0 amide bonds. The van der Waals surface area contributed by atoms with Crippen molar-refractivity contribution < 1.29 is 4.74 Å². The molecule has 0 saturated heterocycles. The summed E-state index contributed by atoms with van der Waals surface area (Å²) in [5.74, 6) is 0.975. The summed E-state index contributed by atoms with van der Waals surface area (Å²) in [5, 5.41) is 6.50. The first-order chi connectivity index (χ1) is 8.55. The summed E-state index contributed by atoms with van der Waals surface area (Å²) in [7, 11) is 3.68. The van der Waals surface area contributed by atoms with Gasteiger partial charge in [0.2, 0.25) is 0 Å². The van der Waals surface area contributed by atoms with E-state index in [-0.39, 0.29) is 5.41 Å². The van der Waals surface area contributed by atoms with E-state index in [1.54, 1.807) is 7.11 Å². The Bertz CT molecular complexity index is 375. The number of nitrogens with one attached hydrogen (secondary N) is 2. The van der Waals surface area contributed by atoms with Gasteiger partial charge in [-0.05, 0) is 25.1 Å². The van der Waals surface area contributed by atoms with Crippen molar-refractivity contribution in [1.29, 1.82) is 0 Å². The highest BCUT2D eigenvalue weighted by atomic mass is 16.5. The van der Waals surface area contributed by atoms with Crippen LogP contribution in [0.15, 0.2) is 18.2 Å². The first-order valence-electron chi connectivity index (χ1n) is 6.58. The molecule has 0 bridgehead atoms. The molecule has 1 aromatic carbocycles. The molecule has 0 aliphatic rings. The standard InChI is InChI=1S/C15H26N2O/c1-6-12-7-8-14(18-5)13(9-12)15(2,3)10-17-11-16-4/h7-9,16-17H,6,10-11H2,1-5H3. The largest absolute Gasteiger partial charge is 0.496 e. The fourth-order valence-corrected chi connectivity index (χ4v) is 2.10. The average molecular weight is 250 g/mol. The van der Waals surface area contributed by atoms with E-state index in [4.69, 9.17) is 4.74 Å². The van der Waals surface area contributed by atoms with Crippen molar-refractivity contribution in [2.75, 3.05) is 27.4 Å². The van der Waals surface area contributed by atoms with Crippen molar-refractivity contribution in [3.63, 3.8) is 0 Å². The molecule has 18 heavy (non-hydrogen) atoms. The Balaban J connectivity index is 2.96. The van der Waals surface area contributed by atoms with Crippen LogP contribution in [-0.4, -0.2) is 27.4 Å². The SMILES string of the molecule is CCc1ccc(OC)c(C(C)(C)CNCNC)c1. The molecule has 0 aliphatic heterocycles. The summed E-state index contributed by atoms with van der Waals surface area (Å²) in [6.45, 7) is 8.40. The molecule has 0 fully saturated rings. The summed E-state index contributed by atoms with van der Waals surface area (Å²) in [6, 6.07) is 6.48. The van der Waals surface area contributed by atoms with Crippen LogP contribution in [0.4, 0.5) is 0 Å². The Morgan fingerprint density at radius 1 is 1.28 bits per heavy atom. The summed E-state index contributed by atoms with van der Waals surface area (Å²) >= 11 is 0. The molecule has 0 radical (unpaired) electrons. The Labute approximate surface area is 111 Å². The summed E-state index contributed by atoms with van der Waals surface area (Å²) in [6.07, 6.45) is 1.05. The lowest BCUT2D eigenvalue weighted by atomic mass is 9.83. The van der Waals surface area contributed by atoms with E-state index >= 15 is 0 Å². The Morgan fingerprint density at radius 3 is 2.56 bits per heavy atom. The zero-order valence-corrected chi connectivity index (χ0v) is 12.3. The number of aryl methyl sites for hydroxylation is 1. The van der Waals surface area contributed by atoms with Crippen LogP contribution < -0.4 is 15.4 Å². The summed E-state index contributed by atoms with van der Waals surface area (Å²) in [4.78, 5) is 0. The van der Waals surface area contributed by atoms with Crippen LogP contribution in [0.5, 0.6) is 5.75 Å². The third kappa shape index (κ3) is 3.72. The van der Waals surface area contributed by atoms with Crippen molar-refractivity contribution in [3.8, 4) is 5.75 Å². The lowest BCUT2D eigenvalue weighted by Gasteiger charge is -2.28. The van der Waals surface area contributed by atoms with Crippen LogP contribution in [0.1, 0.15) is 31.9 Å². The Morgan fingerprint density at radius 2 is 2.00 bits per heavy atom. The van der Waals surface area contributed by atoms with E-state index in [0.29, 0.717) is 0 Å². The Hall–Kier alpha value is -1.06. The smallest absolute Gasteiger partial charge is 0.122 e. The summed E-state index contributed by atoms with van der Waals surface area (Å²) in [5.41, 5.74) is 2.67. The van der Waals surface area contributed by atoms with Crippen molar-refractivity contribution in [2.45, 2.75) is 32.6 Å². The molecule has 0 spiro atoms. The van der Waals surface area contributed by atoms with E-state index in [1.807, 2.05) is 7.05 Å². The molecule has 102 valence electrons. The highest BCUT2D eigenvalue weighted by Gasteiger charge is 2.24. The quantitative estimate of drug-likeness (QED) is 0.575. The fourth-order valence-electron chi connectivity index (χ4n) is 2.10. The van der Waals surface area contributed by atoms with Crippen LogP contribution in [0.3, 0.4) is 0 Å². The van der Waals surface area contributed by atoms with Crippen LogP contribution in [0.2, 0.25) is 0 Å². The molecular formula is C15H26N2O. The third-order valence-corrected chi connectivity index (χ3v) is 3.27. The van der Waals surface area contributed by atoms with Crippen molar-refractivity contribution in [2.24, 2.45) is 0 Å². The molecular weight excluding hydrogens is 224 g/mol. The predicted octanol–water partition coefficient (Wildman–Crippen LogP) is 2.30. The number of ether oxygens (including phenoxy) is 1. The molecule has 0 heterocycles.